The third kappa shape index (κ3) is 1.07. The van der Waals surface area contributed by atoms with E-state index < -0.39 is 0 Å². The molecule has 2 rings (SSSR count). The molecular weight excluding hydrogens is 124 g/mol. The van der Waals surface area contributed by atoms with Crippen LogP contribution in [0.25, 0.3) is 0 Å². The van der Waals surface area contributed by atoms with E-state index in [-0.39, 0.29) is 0 Å². The molecule has 0 bridgehead atoms. The zero-order valence-corrected chi connectivity index (χ0v) is 6.47. The number of rotatable bonds is 1. The van der Waals surface area contributed by atoms with E-state index in [0.29, 0.717) is 12.5 Å². The molecular formula is C9H16O. The van der Waals surface area contributed by atoms with Gasteiger partial charge < -0.3 is 5.11 Å². The molecule has 1 heteroatoms. The molecule has 0 aromatic rings. The van der Waals surface area contributed by atoms with Gasteiger partial charge in [-0.1, -0.05) is 6.42 Å². The molecule has 0 amide bonds. The molecule has 0 unspecified atom stereocenters. The van der Waals surface area contributed by atoms with Crippen LogP contribution >= 0.6 is 0 Å². The summed E-state index contributed by atoms with van der Waals surface area (Å²) >= 11 is 0. The Labute approximate surface area is 62.4 Å². The van der Waals surface area contributed by atoms with Crippen molar-refractivity contribution < 1.29 is 5.11 Å². The van der Waals surface area contributed by atoms with Gasteiger partial charge >= 0.3 is 0 Å². The molecule has 1 N–H and O–H groups in total. The summed E-state index contributed by atoms with van der Waals surface area (Å²) in [6, 6.07) is 0. The van der Waals surface area contributed by atoms with Crippen LogP contribution in [-0.4, -0.2) is 11.7 Å². The minimum Gasteiger partial charge on any atom is -0.396 e. The zero-order valence-electron chi connectivity index (χ0n) is 6.47. The molecule has 0 aromatic carbocycles. The SMILES string of the molecule is OC[C@@H]1CCCC2(CC2)C1. The lowest BCUT2D eigenvalue weighted by atomic mass is 9.79. The molecule has 1 atom stereocenters. The molecule has 0 radical (unpaired) electrons. The van der Waals surface area contributed by atoms with E-state index in [9.17, 15) is 0 Å². The minimum absolute atomic E-state index is 0.432. The van der Waals surface area contributed by atoms with Crippen molar-refractivity contribution in [3.63, 3.8) is 0 Å². The standard InChI is InChI=1S/C9H16O/c10-7-8-2-1-3-9(6-8)4-5-9/h8,10H,1-7H2/t8-/m1/s1. The van der Waals surface area contributed by atoms with Crippen LogP contribution in [0.1, 0.15) is 38.5 Å². The second-order valence-corrected chi connectivity index (χ2v) is 4.14. The Kier molecular flexibility index (Phi) is 1.48. The van der Waals surface area contributed by atoms with Crippen LogP contribution in [-0.2, 0) is 0 Å². The number of aliphatic hydroxyl groups is 1. The van der Waals surface area contributed by atoms with Gasteiger partial charge in [0, 0.05) is 6.61 Å². The molecule has 1 spiro atoms. The van der Waals surface area contributed by atoms with Crippen LogP contribution < -0.4 is 0 Å². The molecule has 10 heavy (non-hydrogen) atoms. The van der Waals surface area contributed by atoms with E-state index in [1.807, 2.05) is 0 Å². The Bertz CT molecular complexity index is 127. The second-order valence-electron chi connectivity index (χ2n) is 4.14. The van der Waals surface area contributed by atoms with Gasteiger partial charge in [0.2, 0.25) is 0 Å². The minimum atomic E-state index is 0.432. The maximum absolute atomic E-state index is 8.95. The molecule has 0 aliphatic heterocycles. The fraction of sp³-hybridized carbons (Fsp3) is 1.00. The second kappa shape index (κ2) is 2.23. The van der Waals surface area contributed by atoms with Crippen LogP contribution in [0.5, 0.6) is 0 Å². The van der Waals surface area contributed by atoms with E-state index in [2.05, 4.69) is 0 Å². The summed E-state index contributed by atoms with van der Waals surface area (Å²) in [7, 11) is 0. The highest BCUT2D eigenvalue weighted by Crippen LogP contribution is 2.57. The molecule has 0 saturated heterocycles. The van der Waals surface area contributed by atoms with Gasteiger partial charge in [0.1, 0.15) is 0 Å². The molecule has 2 aliphatic rings. The van der Waals surface area contributed by atoms with Gasteiger partial charge in [0.05, 0.1) is 0 Å². The van der Waals surface area contributed by atoms with Crippen molar-refractivity contribution in [1.29, 1.82) is 0 Å². The van der Waals surface area contributed by atoms with Crippen LogP contribution in [0, 0.1) is 11.3 Å². The molecule has 2 fully saturated rings. The van der Waals surface area contributed by atoms with E-state index >= 15 is 0 Å². The highest BCUT2D eigenvalue weighted by molar-refractivity contribution is 4.96. The summed E-state index contributed by atoms with van der Waals surface area (Å²) in [4.78, 5) is 0. The quantitative estimate of drug-likeness (QED) is 0.590. The average Bonchev–Trinajstić information content (AvgIpc) is 2.70. The van der Waals surface area contributed by atoms with Crippen LogP contribution in [0.2, 0.25) is 0 Å². The lowest BCUT2D eigenvalue weighted by molar-refractivity contribution is 0.152. The van der Waals surface area contributed by atoms with E-state index in [1.165, 1.54) is 38.5 Å². The van der Waals surface area contributed by atoms with Gasteiger partial charge in [0.15, 0.2) is 0 Å². The van der Waals surface area contributed by atoms with Gasteiger partial charge in [0.25, 0.3) is 0 Å². The van der Waals surface area contributed by atoms with Gasteiger partial charge in [-0.25, -0.2) is 0 Å². The Morgan fingerprint density at radius 1 is 1.30 bits per heavy atom. The monoisotopic (exact) mass is 140 g/mol. The highest BCUT2D eigenvalue weighted by Gasteiger charge is 2.45. The van der Waals surface area contributed by atoms with E-state index in [1.54, 1.807) is 0 Å². The Balaban J connectivity index is 1.91. The number of aliphatic hydroxyl groups excluding tert-OH is 1. The van der Waals surface area contributed by atoms with Gasteiger partial charge in [-0.05, 0) is 43.4 Å². The summed E-state index contributed by atoms with van der Waals surface area (Å²) in [5.41, 5.74) is 0.742. The lowest BCUT2D eigenvalue weighted by Crippen LogP contribution is -2.18. The molecule has 2 aliphatic carbocycles. The van der Waals surface area contributed by atoms with Crippen molar-refractivity contribution >= 4 is 0 Å². The van der Waals surface area contributed by atoms with Crippen molar-refractivity contribution in [3.05, 3.63) is 0 Å². The van der Waals surface area contributed by atoms with Crippen LogP contribution in [0.3, 0.4) is 0 Å². The van der Waals surface area contributed by atoms with Crippen molar-refractivity contribution in [2.24, 2.45) is 11.3 Å². The van der Waals surface area contributed by atoms with Gasteiger partial charge in [-0.15, -0.1) is 0 Å². The smallest absolute Gasteiger partial charge is 0.0459 e. The zero-order chi connectivity index (χ0) is 7.03. The molecule has 2 saturated carbocycles. The summed E-state index contributed by atoms with van der Waals surface area (Å²) in [6.45, 7) is 0.432. The Morgan fingerprint density at radius 3 is 2.70 bits per heavy atom. The van der Waals surface area contributed by atoms with E-state index in [0.717, 1.165) is 5.41 Å². The first-order valence-electron chi connectivity index (χ1n) is 4.46. The predicted octanol–water partition coefficient (Wildman–Crippen LogP) is 1.95. The predicted molar refractivity (Wildman–Crippen MR) is 40.7 cm³/mol. The van der Waals surface area contributed by atoms with Crippen LogP contribution in [0.4, 0.5) is 0 Å². The lowest BCUT2D eigenvalue weighted by Gasteiger charge is -2.27. The van der Waals surface area contributed by atoms with Crippen molar-refractivity contribution in [2.75, 3.05) is 6.61 Å². The Hall–Kier alpha value is -0.0400. The molecule has 0 heterocycles. The fourth-order valence-corrected chi connectivity index (χ4v) is 2.37. The molecule has 0 aromatic heterocycles. The maximum Gasteiger partial charge on any atom is 0.0459 e. The topological polar surface area (TPSA) is 20.2 Å². The average molecular weight is 140 g/mol. The first kappa shape index (κ1) is 6.66. The Morgan fingerprint density at radius 2 is 2.10 bits per heavy atom. The summed E-state index contributed by atoms with van der Waals surface area (Å²) in [6.07, 6.45) is 8.31. The molecule has 1 nitrogen and oxygen atoms in total. The largest absolute Gasteiger partial charge is 0.396 e. The van der Waals surface area contributed by atoms with Crippen molar-refractivity contribution in [1.82, 2.24) is 0 Å². The van der Waals surface area contributed by atoms with Crippen LogP contribution in [0.15, 0.2) is 0 Å². The summed E-state index contributed by atoms with van der Waals surface area (Å²) in [5.74, 6) is 0.649. The maximum atomic E-state index is 8.95. The van der Waals surface area contributed by atoms with Crippen molar-refractivity contribution in [2.45, 2.75) is 38.5 Å². The third-order valence-electron chi connectivity index (χ3n) is 3.26. The number of hydrogen-bond donors (Lipinski definition) is 1. The van der Waals surface area contributed by atoms with E-state index in [4.69, 9.17) is 5.11 Å². The fourth-order valence-electron chi connectivity index (χ4n) is 2.37. The molecule has 58 valence electrons. The van der Waals surface area contributed by atoms with Gasteiger partial charge in [-0.2, -0.15) is 0 Å². The first-order valence-corrected chi connectivity index (χ1v) is 4.46. The first-order chi connectivity index (χ1) is 4.85. The third-order valence-corrected chi connectivity index (χ3v) is 3.26. The number of hydrogen-bond acceptors (Lipinski definition) is 1. The summed E-state index contributed by atoms with van der Waals surface area (Å²) in [5, 5.41) is 8.95. The normalized spacial score (nSPS) is 36.3. The van der Waals surface area contributed by atoms with Crippen molar-refractivity contribution in [3.8, 4) is 0 Å². The highest BCUT2D eigenvalue weighted by atomic mass is 16.3. The summed E-state index contributed by atoms with van der Waals surface area (Å²) < 4.78 is 0. The van der Waals surface area contributed by atoms with Gasteiger partial charge in [-0.3, -0.25) is 0 Å².